The molecule has 3 atom stereocenters. The lowest BCUT2D eigenvalue weighted by molar-refractivity contribution is 0.0697. The van der Waals surface area contributed by atoms with Crippen molar-refractivity contribution >= 4 is 23.3 Å². The largest absolute Gasteiger partial charge is 0.478 e. The van der Waals surface area contributed by atoms with Crippen LogP contribution < -0.4 is 5.32 Å². The van der Waals surface area contributed by atoms with Crippen LogP contribution in [0.5, 0.6) is 0 Å². The van der Waals surface area contributed by atoms with Crippen LogP contribution >= 0.6 is 11.6 Å². The molecule has 0 amide bonds. The molecule has 0 saturated heterocycles. The molecule has 2 N–H and O–H groups in total. The quantitative estimate of drug-likeness (QED) is 0.621. The number of rotatable bonds is 2. The minimum atomic E-state index is -0.904. The monoisotopic (exact) mass is 375 g/mol. The number of hydrogen-bond acceptors (Lipinski definition) is 2. The molecule has 3 aromatic carbocycles. The highest BCUT2D eigenvalue weighted by molar-refractivity contribution is 6.30. The SMILES string of the molecule is O=C(O)c1cccc2c1N[C@H](c1ccc(Cl)cc1)[C@H]1Cc3ccccc3[C@H]21. The number of benzene rings is 3. The van der Waals surface area contributed by atoms with Gasteiger partial charge in [0.1, 0.15) is 0 Å². The lowest BCUT2D eigenvalue weighted by Crippen LogP contribution is -2.31. The van der Waals surface area contributed by atoms with Crippen LogP contribution in [0.3, 0.4) is 0 Å². The van der Waals surface area contributed by atoms with E-state index in [2.05, 4.69) is 35.6 Å². The average Bonchev–Trinajstić information content (AvgIpc) is 3.07. The maximum absolute atomic E-state index is 11.8. The Morgan fingerprint density at radius 2 is 1.70 bits per heavy atom. The summed E-state index contributed by atoms with van der Waals surface area (Å²) in [6.45, 7) is 0. The number of para-hydroxylation sites is 1. The average molecular weight is 376 g/mol. The zero-order valence-electron chi connectivity index (χ0n) is 14.5. The number of halogens is 1. The summed E-state index contributed by atoms with van der Waals surface area (Å²) >= 11 is 6.08. The Bertz CT molecular complexity index is 1040. The van der Waals surface area contributed by atoms with Crippen molar-refractivity contribution in [1.82, 2.24) is 0 Å². The van der Waals surface area contributed by atoms with Crippen molar-refractivity contribution in [2.75, 3.05) is 5.32 Å². The number of carboxylic acids is 1. The molecule has 1 aliphatic carbocycles. The molecule has 134 valence electrons. The van der Waals surface area contributed by atoms with E-state index in [1.807, 2.05) is 30.3 Å². The first-order valence-corrected chi connectivity index (χ1v) is 9.47. The summed E-state index contributed by atoms with van der Waals surface area (Å²) in [5.41, 5.74) is 5.94. The van der Waals surface area contributed by atoms with Crippen LogP contribution in [0.4, 0.5) is 5.69 Å². The van der Waals surface area contributed by atoms with Crippen molar-refractivity contribution in [1.29, 1.82) is 0 Å². The maximum Gasteiger partial charge on any atom is 0.337 e. The molecule has 0 spiro atoms. The third kappa shape index (κ3) is 2.54. The molecule has 0 bridgehead atoms. The third-order valence-corrected chi connectivity index (χ3v) is 6.15. The topological polar surface area (TPSA) is 49.3 Å². The molecule has 1 heterocycles. The Kier molecular flexibility index (Phi) is 3.73. The van der Waals surface area contributed by atoms with Gasteiger partial charge >= 0.3 is 5.97 Å². The minimum Gasteiger partial charge on any atom is -0.478 e. The van der Waals surface area contributed by atoms with Crippen molar-refractivity contribution in [2.45, 2.75) is 18.4 Å². The number of anilines is 1. The van der Waals surface area contributed by atoms with E-state index in [0.29, 0.717) is 16.5 Å². The van der Waals surface area contributed by atoms with Gasteiger partial charge in [-0.2, -0.15) is 0 Å². The lowest BCUT2D eigenvalue weighted by Gasteiger charge is -2.38. The van der Waals surface area contributed by atoms with Crippen LogP contribution in [0.25, 0.3) is 0 Å². The maximum atomic E-state index is 11.8. The Balaban J connectivity index is 1.72. The predicted octanol–water partition coefficient (Wildman–Crippen LogP) is 5.51. The van der Waals surface area contributed by atoms with Gasteiger partial charge in [-0.05, 0) is 52.8 Å². The third-order valence-electron chi connectivity index (χ3n) is 5.89. The van der Waals surface area contributed by atoms with Crippen molar-refractivity contribution < 1.29 is 9.90 Å². The van der Waals surface area contributed by atoms with Crippen LogP contribution in [-0.4, -0.2) is 11.1 Å². The predicted molar refractivity (Wildman–Crippen MR) is 107 cm³/mol. The summed E-state index contributed by atoms with van der Waals surface area (Å²) in [6.07, 6.45) is 0.970. The number of nitrogens with one attached hydrogen (secondary N) is 1. The molecule has 3 nitrogen and oxygen atoms in total. The van der Waals surface area contributed by atoms with Crippen molar-refractivity contribution in [3.05, 3.63) is 99.6 Å². The summed E-state index contributed by atoms with van der Waals surface area (Å²) in [7, 11) is 0. The molecular formula is C23H18ClNO2. The first-order chi connectivity index (χ1) is 13.1. The van der Waals surface area contributed by atoms with E-state index in [0.717, 1.165) is 23.2 Å². The summed E-state index contributed by atoms with van der Waals surface area (Å²) in [4.78, 5) is 11.8. The van der Waals surface area contributed by atoms with Gasteiger partial charge in [-0.25, -0.2) is 4.79 Å². The molecule has 3 aromatic rings. The van der Waals surface area contributed by atoms with Crippen LogP contribution in [-0.2, 0) is 6.42 Å². The van der Waals surface area contributed by atoms with Gasteiger partial charge in [-0.15, -0.1) is 0 Å². The lowest BCUT2D eigenvalue weighted by atomic mass is 9.75. The number of aromatic carboxylic acids is 1. The number of fused-ring (bicyclic) bond motifs is 5. The second-order valence-electron chi connectivity index (χ2n) is 7.29. The molecule has 2 aliphatic rings. The zero-order chi connectivity index (χ0) is 18.5. The Labute approximate surface area is 162 Å². The van der Waals surface area contributed by atoms with Gasteiger partial charge in [0.05, 0.1) is 17.3 Å². The molecule has 0 unspecified atom stereocenters. The van der Waals surface area contributed by atoms with E-state index < -0.39 is 5.97 Å². The Morgan fingerprint density at radius 1 is 0.963 bits per heavy atom. The van der Waals surface area contributed by atoms with Crippen LogP contribution in [0.15, 0.2) is 66.7 Å². The Hall–Kier alpha value is -2.78. The second kappa shape index (κ2) is 6.14. The minimum absolute atomic E-state index is 0.0349. The fourth-order valence-corrected chi connectivity index (χ4v) is 4.89. The number of hydrogen-bond donors (Lipinski definition) is 2. The van der Waals surface area contributed by atoms with E-state index in [1.54, 1.807) is 6.07 Å². The van der Waals surface area contributed by atoms with Crippen molar-refractivity contribution in [2.24, 2.45) is 5.92 Å². The van der Waals surface area contributed by atoms with E-state index in [4.69, 9.17) is 11.6 Å². The van der Waals surface area contributed by atoms with Crippen LogP contribution in [0.1, 0.15) is 44.6 Å². The van der Waals surface area contributed by atoms with E-state index in [-0.39, 0.29) is 12.0 Å². The van der Waals surface area contributed by atoms with E-state index in [9.17, 15) is 9.90 Å². The molecule has 0 radical (unpaired) electrons. The smallest absolute Gasteiger partial charge is 0.337 e. The molecule has 5 rings (SSSR count). The van der Waals surface area contributed by atoms with E-state index in [1.165, 1.54) is 11.1 Å². The first kappa shape index (κ1) is 16.4. The molecule has 4 heteroatoms. The molecular weight excluding hydrogens is 358 g/mol. The molecule has 27 heavy (non-hydrogen) atoms. The summed E-state index contributed by atoms with van der Waals surface area (Å²) < 4.78 is 0. The van der Waals surface area contributed by atoms with Crippen molar-refractivity contribution in [3.8, 4) is 0 Å². The Morgan fingerprint density at radius 3 is 2.48 bits per heavy atom. The van der Waals surface area contributed by atoms with Gasteiger partial charge in [0.2, 0.25) is 0 Å². The fraction of sp³-hybridized carbons (Fsp3) is 0.174. The summed E-state index contributed by atoms with van der Waals surface area (Å²) in [6, 6.07) is 22.0. The molecule has 1 aliphatic heterocycles. The van der Waals surface area contributed by atoms with Gasteiger partial charge in [-0.3, -0.25) is 0 Å². The van der Waals surface area contributed by atoms with Gasteiger partial charge in [0, 0.05) is 10.9 Å². The highest BCUT2D eigenvalue weighted by Gasteiger charge is 2.44. The zero-order valence-corrected chi connectivity index (χ0v) is 15.3. The van der Waals surface area contributed by atoms with Crippen LogP contribution in [0.2, 0.25) is 5.02 Å². The molecule has 0 fully saturated rings. The van der Waals surface area contributed by atoms with Gasteiger partial charge < -0.3 is 10.4 Å². The second-order valence-corrected chi connectivity index (χ2v) is 7.73. The van der Waals surface area contributed by atoms with Gasteiger partial charge in [-0.1, -0.05) is 60.1 Å². The highest BCUT2D eigenvalue weighted by atomic mass is 35.5. The number of carbonyl (C=O) groups is 1. The first-order valence-electron chi connectivity index (χ1n) is 9.09. The number of carboxylic acid groups (broad SMARTS) is 1. The fourth-order valence-electron chi connectivity index (χ4n) is 4.77. The summed E-state index contributed by atoms with van der Waals surface area (Å²) in [5.74, 6) is -0.378. The van der Waals surface area contributed by atoms with Gasteiger partial charge in [0.15, 0.2) is 0 Å². The normalized spacial score (nSPS) is 22.3. The standard InChI is InChI=1S/C23H18ClNO2/c24-15-10-8-13(9-11-15)21-19-12-14-4-1-2-5-16(14)20(19)17-6-3-7-18(23(26)27)22(17)25-21/h1-11,19-21,25H,12H2,(H,26,27)/t19-,20+,21+/m0/s1. The summed E-state index contributed by atoms with van der Waals surface area (Å²) in [5, 5.41) is 14.0. The van der Waals surface area contributed by atoms with Gasteiger partial charge in [0.25, 0.3) is 0 Å². The van der Waals surface area contributed by atoms with Crippen molar-refractivity contribution in [3.63, 3.8) is 0 Å². The highest BCUT2D eigenvalue weighted by Crippen LogP contribution is 2.54. The van der Waals surface area contributed by atoms with E-state index >= 15 is 0 Å². The molecule has 0 saturated carbocycles. The molecule has 0 aromatic heterocycles. The van der Waals surface area contributed by atoms with Crippen LogP contribution in [0, 0.1) is 5.92 Å².